The smallest absolute Gasteiger partial charge is 0.271 e. The zero-order valence-corrected chi connectivity index (χ0v) is 13.3. The van der Waals surface area contributed by atoms with Crippen LogP contribution >= 0.6 is 11.3 Å². The van der Waals surface area contributed by atoms with Crippen LogP contribution in [0.15, 0.2) is 29.6 Å². The minimum atomic E-state index is -0.292. The van der Waals surface area contributed by atoms with Gasteiger partial charge in [-0.25, -0.2) is 9.37 Å². The van der Waals surface area contributed by atoms with Gasteiger partial charge in [-0.1, -0.05) is 19.8 Å². The van der Waals surface area contributed by atoms with Crippen molar-refractivity contribution in [3.8, 4) is 10.6 Å². The van der Waals surface area contributed by atoms with Crippen LogP contribution in [0.25, 0.3) is 10.6 Å². The molecule has 1 aromatic carbocycles. The van der Waals surface area contributed by atoms with Crippen LogP contribution in [-0.2, 0) is 0 Å². The van der Waals surface area contributed by atoms with E-state index >= 15 is 0 Å². The molecule has 1 amide bonds. The number of carbonyl (C=O) groups is 1. The lowest BCUT2D eigenvalue weighted by molar-refractivity contribution is 0.0931. The van der Waals surface area contributed by atoms with E-state index < -0.39 is 0 Å². The number of benzene rings is 1. The van der Waals surface area contributed by atoms with Crippen LogP contribution in [0.1, 0.15) is 36.7 Å². The third-order valence-electron chi connectivity index (χ3n) is 3.35. The van der Waals surface area contributed by atoms with Gasteiger partial charge in [0, 0.05) is 23.5 Å². The normalized spacial score (nSPS) is 12.1. The van der Waals surface area contributed by atoms with E-state index in [4.69, 9.17) is 5.73 Å². The Morgan fingerprint density at radius 1 is 1.41 bits per heavy atom. The fourth-order valence-electron chi connectivity index (χ4n) is 2.06. The molecule has 0 saturated heterocycles. The summed E-state index contributed by atoms with van der Waals surface area (Å²) in [5, 5.41) is 5.32. The van der Waals surface area contributed by atoms with Crippen molar-refractivity contribution in [2.45, 2.75) is 32.2 Å². The van der Waals surface area contributed by atoms with E-state index in [-0.39, 0.29) is 17.8 Å². The summed E-state index contributed by atoms with van der Waals surface area (Å²) in [5.74, 6) is -0.504. The lowest BCUT2D eigenvalue weighted by atomic mass is 10.1. The van der Waals surface area contributed by atoms with Crippen molar-refractivity contribution in [1.82, 2.24) is 10.3 Å². The highest BCUT2D eigenvalue weighted by molar-refractivity contribution is 7.13. The number of hydrogen-bond donors (Lipinski definition) is 2. The van der Waals surface area contributed by atoms with Crippen molar-refractivity contribution in [2.75, 3.05) is 6.54 Å². The quantitative estimate of drug-likeness (QED) is 0.823. The van der Waals surface area contributed by atoms with Crippen LogP contribution in [0, 0.1) is 5.82 Å². The highest BCUT2D eigenvalue weighted by Gasteiger charge is 2.15. The summed E-state index contributed by atoms with van der Waals surface area (Å²) in [6.45, 7) is 2.52. The number of rotatable bonds is 7. The van der Waals surface area contributed by atoms with Gasteiger partial charge in [0.05, 0.1) is 0 Å². The Balaban J connectivity index is 2.03. The van der Waals surface area contributed by atoms with Gasteiger partial charge in [0.1, 0.15) is 16.5 Å². The second-order valence-electron chi connectivity index (χ2n) is 5.09. The monoisotopic (exact) mass is 321 g/mol. The number of nitrogens with two attached hydrogens (primary N) is 1. The molecule has 2 aromatic rings. The summed E-state index contributed by atoms with van der Waals surface area (Å²) in [6, 6.07) is 6.04. The third-order valence-corrected chi connectivity index (χ3v) is 4.25. The van der Waals surface area contributed by atoms with Crippen LogP contribution in [0.5, 0.6) is 0 Å². The molecule has 1 heterocycles. The lowest BCUT2D eigenvalue weighted by Gasteiger charge is -2.15. The zero-order valence-electron chi connectivity index (χ0n) is 12.5. The minimum Gasteiger partial charge on any atom is -0.347 e. The zero-order chi connectivity index (χ0) is 15.9. The van der Waals surface area contributed by atoms with Gasteiger partial charge in [0.25, 0.3) is 5.91 Å². The number of carbonyl (C=O) groups excluding carboxylic acids is 1. The molecule has 1 unspecified atom stereocenters. The molecule has 0 aliphatic heterocycles. The van der Waals surface area contributed by atoms with Crippen LogP contribution in [0.2, 0.25) is 0 Å². The van der Waals surface area contributed by atoms with Crippen molar-refractivity contribution in [3.05, 3.63) is 41.2 Å². The summed E-state index contributed by atoms with van der Waals surface area (Å²) < 4.78 is 12.9. The van der Waals surface area contributed by atoms with Gasteiger partial charge in [-0.05, 0) is 30.7 Å². The van der Waals surface area contributed by atoms with Crippen molar-refractivity contribution in [3.63, 3.8) is 0 Å². The molecule has 0 radical (unpaired) electrons. The van der Waals surface area contributed by atoms with Crippen LogP contribution in [0.3, 0.4) is 0 Å². The molecule has 0 bridgehead atoms. The standard InChI is InChI=1S/C16H20FN3OS/c1-2-3-4-13(9-18)19-15(21)14-10-22-16(20-14)11-5-7-12(17)8-6-11/h5-8,10,13H,2-4,9,18H2,1H3,(H,19,21). The molecule has 0 fully saturated rings. The van der Waals surface area contributed by atoms with E-state index in [0.29, 0.717) is 17.2 Å². The highest BCUT2D eigenvalue weighted by Crippen LogP contribution is 2.23. The molecule has 0 spiro atoms. The summed E-state index contributed by atoms with van der Waals surface area (Å²) in [7, 11) is 0. The van der Waals surface area contributed by atoms with Gasteiger partial charge in [-0.15, -0.1) is 11.3 Å². The van der Waals surface area contributed by atoms with E-state index in [9.17, 15) is 9.18 Å². The predicted molar refractivity (Wildman–Crippen MR) is 87.3 cm³/mol. The molecule has 1 aromatic heterocycles. The Morgan fingerprint density at radius 3 is 2.77 bits per heavy atom. The summed E-state index contributed by atoms with van der Waals surface area (Å²) in [6.07, 6.45) is 2.96. The van der Waals surface area contributed by atoms with E-state index in [1.54, 1.807) is 17.5 Å². The average Bonchev–Trinajstić information content (AvgIpc) is 3.02. The molecule has 2 rings (SSSR count). The number of aromatic nitrogens is 1. The van der Waals surface area contributed by atoms with Crippen molar-refractivity contribution in [2.24, 2.45) is 5.73 Å². The first kappa shape index (κ1) is 16.6. The molecular formula is C16H20FN3OS. The maximum absolute atomic E-state index is 12.9. The molecule has 0 saturated carbocycles. The molecule has 0 aliphatic carbocycles. The van der Waals surface area contributed by atoms with Gasteiger partial charge in [-0.2, -0.15) is 0 Å². The fourth-order valence-corrected chi connectivity index (χ4v) is 2.87. The average molecular weight is 321 g/mol. The Morgan fingerprint density at radius 2 is 2.14 bits per heavy atom. The molecule has 4 nitrogen and oxygen atoms in total. The molecular weight excluding hydrogens is 301 g/mol. The van der Waals surface area contributed by atoms with Gasteiger partial charge in [0.15, 0.2) is 0 Å². The number of thiazole rings is 1. The Bertz CT molecular complexity index is 612. The largest absolute Gasteiger partial charge is 0.347 e. The van der Waals surface area contributed by atoms with Gasteiger partial charge in [0.2, 0.25) is 0 Å². The number of halogens is 1. The first-order chi connectivity index (χ1) is 10.6. The summed E-state index contributed by atoms with van der Waals surface area (Å²) in [4.78, 5) is 16.5. The Hall–Kier alpha value is -1.79. The number of nitrogens with zero attached hydrogens (tertiary/aromatic N) is 1. The van der Waals surface area contributed by atoms with E-state index in [1.807, 2.05) is 0 Å². The second kappa shape index (κ2) is 8.00. The maximum Gasteiger partial charge on any atom is 0.271 e. The van der Waals surface area contributed by atoms with Crippen LogP contribution < -0.4 is 11.1 Å². The van der Waals surface area contributed by atoms with E-state index in [2.05, 4.69) is 17.2 Å². The number of nitrogens with one attached hydrogen (secondary N) is 1. The molecule has 118 valence electrons. The number of unbranched alkanes of at least 4 members (excludes halogenated alkanes) is 1. The van der Waals surface area contributed by atoms with Crippen LogP contribution in [-0.4, -0.2) is 23.5 Å². The van der Waals surface area contributed by atoms with Gasteiger partial charge in [-0.3, -0.25) is 4.79 Å². The minimum absolute atomic E-state index is 0.0246. The third kappa shape index (κ3) is 4.35. The summed E-state index contributed by atoms with van der Waals surface area (Å²) in [5.41, 5.74) is 6.85. The van der Waals surface area contributed by atoms with Gasteiger partial charge < -0.3 is 11.1 Å². The Labute approximate surface area is 133 Å². The molecule has 6 heteroatoms. The Kier molecular flexibility index (Phi) is 6.03. The fraction of sp³-hybridized carbons (Fsp3) is 0.375. The highest BCUT2D eigenvalue weighted by atomic mass is 32.1. The lowest BCUT2D eigenvalue weighted by Crippen LogP contribution is -2.40. The first-order valence-electron chi connectivity index (χ1n) is 7.36. The predicted octanol–water partition coefficient (Wildman–Crippen LogP) is 3.20. The topological polar surface area (TPSA) is 68.0 Å². The van der Waals surface area contributed by atoms with Crippen molar-refractivity contribution >= 4 is 17.2 Å². The molecule has 0 aliphatic rings. The second-order valence-corrected chi connectivity index (χ2v) is 5.95. The molecule has 1 atom stereocenters. The first-order valence-corrected chi connectivity index (χ1v) is 8.24. The number of hydrogen-bond acceptors (Lipinski definition) is 4. The van der Waals surface area contributed by atoms with Crippen molar-refractivity contribution < 1.29 is 9.18 Å². The van der Waals surface area contributed by atoms with E-state index in [0.717, 1.165) is 24.8 Å². The summed E-state index contributed by atoms with van der Waals surface area (Å²) >= 11 is 1.36. The van der Waals surface area contributed by atoms with E-state index in [1.165, 1.54) is 23.5 Å². The van der Waals surface area contributed by atoms with Crippen LogP contribution in [0.4, 0.5) is 4.39 Å². The molecule has 22 heavy (non-hydrogen) atoms. The maximum atomic E-state index is 12.9. The molecule has 3 N–H and O–H groups in total. The number of amides is 1. The van der Waals surface area contributed by atoms with Crippen molar-refractivity contribution in [1.29, 1.82) is 0 Å². The SMILES string of the molecule is CCCCC(CN)NC(=O)c1csc(-c2ccc(F)cc2)n1. The van der Waals surface area contributed by atoms with Gasteiger partial charge >= 0.3 is 0 Å².